The summed E-state index contributed by atoms with van der Waals surface area (Å²) in [5.74, 6) is 0. The fourth-order valence-corrected chi connectivity index (χ4v) is 0.642. The Kier molecular flexibility index (Phi) is 4.77. The summed E-state index contributed by atoms with van der Waals surface area (Å²) in [6.07, 6.45) is -0.388. The summed E-state index contributed by atoms with van der Waals surface area (Å²) < 4.78 is 5.03. The summed E-state index contributed by atoms with van der Waals surface area (Å²) in [6, 6.07) is 0.356. The molecule has 13 heavy (non-hydrogen) atoms. The minimum Gasteiger partial charge on any atom is -0.444 e. The molecule has 0 spiro atoms. The van der Waals surface area contributed by atoms with Gasteiger partial charge in [0, 0.05) is 6.04 Å². The van der Waals surface area contributed by atoms with Crippen molar-refractivity contribution in [2.45, 2.75) is 46.3 Å². The Hall–Kier alpha value is -0.770. The van der Waals surface area contributed by atoms with Gasteiger partial charge in [0.2, 0.25) is 0 Å². The van der Waals surface area contributed by atoms with Crippen molar-refractivity contribution in [3.05, 3.63) is 0 Å². The average molecular weight is 188 g/mol. The lowest BCUT2D eigenvalue weighted by atomic mass is 10.2. The topological polar surface area (TPSA) is 50.4 Å². The first-order valence-corrected chi connectivity index (χ1v) is 4.51. The highest BCUT2D eigenvalue weighted by Gasteiger charge is 2.15. The first kappa shape index (κ1) is 12.2. The van der Waals surface area contributed by atoms with Crippen molar-refractivity contribution in [3.63, 3.8) is 0 Å². The number of ether oxygens (including phenoxy) is 1. The molecule has 0 aliphatic carbocycles. The molecule has 0 bridgehead atoms. The lowest BCUT2D eigenvalue weighted by molar-refractivity contribution is 0.0522. The Morgan fingerprint density at radius 3 is 2.31 bits per heavy atom. The summed E-state index contributed by atoms with van der Waals surface area (Å²) in [6.45, 7) is 9.97. The van der Waals surface area contributed by atoms with Gasteiger partial charge in [0.25, 0.3) is 0 Å². The zero-order valence-corrected chi connectivity index (χ0v) is 9.10. The molecule has 4 nitrogen and oxygen atoms in total. The van der Waals surface area contributed by atoms with Crippen molar-refractivity contribution in [2.75, 3.05) is 6.67 Å². The maximum atomic E-state index is 11.1. The van der Waals surface area contributed by atoms with Gasteiger partial charge in [0.05, 0.1) is 6.67 Å². The molecule has 0 rings (SSSR count). The van der Waals surface area contributed by atoms with Gasteiger partial charge in [0.15, 0.2) is 0 Å². The number of hydrogen-bond acceptors (Lipinski definition) is 3. The second-order valence-corrected chi connectivity index (χ2v) is 4.21. The van der Waals surface area contributed by atoms with Gasteiger partial charge in [-0.2, -0.15) is 0 Å². The van der Waals surface area contributed by atoms with Crippen LogP contribution in [0, 0.1) is 0 Å². The van der Waals surface area contributed by atoms with Crippen LogP contribution >= 0.6 is 0 Å². The van der Waals surface area contributed by atoms with Crippen LogP contribution in [-0.2, 0) is 4.74 Å². The van der Waals surface area contributed by atoms with Crippen molar-refractivity contribution in [1.29, 1.82) is 0 Å². The zero-order chi connectivity index (χ0) is 10.5. The second-order valence-electron chi connectivity index (χ2n) is 4.21. The number of carbonyl (C=O) groups is 1. The Morgan fingerprint density at radius 1 is 1.38 bits per heavy atom. The molecule has 0 aliphatic heterocycles. The van der Waals surface area contributed by atoms with Crippen LogP contribution in [0.1, 0.15) is 34.6 Å². The van der Waals surface area contributed by atoms with Gasteiger partial charge in [-0.3, -0.25) is 5.32 Å². The lowest BCUT2D eigenvalue weighted by Crippen LogP contribution is -2.40. The fraction of sp³-hybridized carbons (Fsp3) is 0.889. The molecule has 0 fully saturated rings. The van der Waals surface area contributed by atoms with Crippen LogP contribution in [0.25, 0.3) is 0 Å². The molecule has 4 heteroatoms. The molecule has 2 N–H and O–H groups in total. The van der Waals surface area contributed by atoms with Gasteiger partial charge < -0.3 is 10.1 Å². The van der Waals surface area contributed by atoms with Gasteiger partial charge in [0.1, 0.15) is 5.60 Å². The molecular formula is C9H20N2O2. The molecule has 0 aromatic heterocycles. The van der Waals surface area contributed by atoms with E-state index in [4.69, 9.17) is 4.74 Å². The van der Waals surface area contributed by atoms with Crippen molar-refractivity contribution in [2.24, 2.45) is 0 Å². The monoisotopic (exact) mass is 188 g/mol. The summed E-state index contributed by atoms with van der Waals surface area (Å²) in [5, 5.41) is 5.65. The van der Waals surface area contributed by atoms with Crippen LogP contribution in [0.2, 0.25) is 0 Å². The average Bonchev–Trinajstić information content (AvgIpc) is 1.81. The third-order valence-electron chi connectivity index (χ3n) is 1.14. The van der Waals surface area contributed by atoms with Gasteiger partial charge in [-0.1, -0.05) is 0 Å². The van der Waals surface area contributed by atoms with Gasteiger partial charge in [-0.15, -0.1) is 0 Å². The fourth-order valence-electron chi connectivity index (χ4n) is 0.642. The largest absolute Gasteiger partial charge is 0.444 e. The maximum absolute atomic E-state index is 11.1. The number of alkyl carbamates (subject to hydrolysis) is 1. The van der Waals surface area contributed by atoms with Crippen molar-refractivity contribution in [1.82, 2.24) is 10.6 Å². The molecule has 0 aromatic carbocycles. The molecule has 78 valence electrons. The Labute approximate surface area is 80.0 Å². The third-order valence-corrected chi connectivity index (χ3v) is 1.14. The van der Waals surface area contributed by atoms with E-state index in [1.165, 1.54) is 0 Å². The predicted octanol–water partition coefficient (Wildman–Crippen LogP) is 1.47. The minimum atomic E-state index is -0.429. The molecule has 0 saturated carbocycles. The van der Waals surface area contributed by atoms with E-state index >= 15 is 0 Å². The van der Waals surface area contributed by atoms with E-state index in [0.29, 0.717) is 12.7 Å². The summed E-state index contributed by atoms with van der Waals surface area (Å²) in [7, 11) is 0. The minimum absolute atomic E-state index is 0.356. The van der Waals surface area contributed by atoms with Crippen molar-refractivity contribution in [3.8, 4) is 0 Å². The van der Waals surface area contributed by atoms with E-state index < -0.39 is 5.60 Å². The Balaban J connectivity index is 3.53. The standard InChI is InChI=1S/C9H20N2O2/c1-7(2)10-6-11-8(12)13-9(3,4)5/h7,10H,6H2,1-5H3,(H,11,12). The lowest BCUT2D eigenvalue weighted by Gasteiger charge is -2.20. The van der Waals surface area contributed by atoms with Gasteiger partial charge in [-0.05, 0) is 34.6 Å². The second kappa shape index (κ2) is 5.07. The zero-order valence-electron chi connectivity index (χ0n) is 9.10. The van der Waals surface area contributed by atoms with E-state index in [1.54, 1.807) is 0 Å². The van der Waals surface area contributed by atoms with Crippen molar-refractivity contribution >= 4 is 6.09 Å². The summed E-state index contributed by atoms with van der Waals surface area (Å²) in [4.78, 5) is 11.1. The van der Waals surface area contributed by atoms with Crippen LogP contribution in [0.3, 0.4) is 0 Å². The Bertz CT molecular complexity index is 161. The SMILES string of the molecule is CC(C)NCNC(=O)OC(C)(C)C. The van der Waals surface area contributed by atoms with Gasteiger partial charge >= 0.3 is 6.09 Å². The van der Waals surface area contributed by atoms with Crippen LogP contribution in [0.5, 0.6) is 0 Å². The number of amides is 1. The smallest absolute Gasteiger partial charge is 0.408 e. The molecule has 0 aromatic rings. The normalized spacial score (nSPS) is 11.5. The summed E-state index contributed by atoms with van der Waals surface area (Å²) >= 11 is 0. The molecule has 0 atom stereocenters. The molecular weight excluding hydrogens is 168 g/mol. The number of hydrogen-bond donors (Lipinski definition) is 2. The third kappa shape index (κ3) is 9.14. The van der Waals surface area contributed by atoms with Crippen molar-refractivity contribution < 1.29 is 9.53 Å². The maximum Gasteiger partial charge on any atom is 0.408 e. The van der Waals surface area contributed by atoms with Gasteiger partial charge in [-0.25, -0.2) is 4.79 Å². The van der Waals surface area contributed by atoms with Crippen LogP contribution in [0.15, 0.2) is 0 Å². The molecule has 0 heterocycles. The quantitative estimate of drug-likeness (QED) is 0.659. The summed E-state index contributed by atoms with van der Waals surface area (Å²) in [5.41, 5.74) is -0.429. The van der Waals surface area contributed by atoms with E-state index in [-0.39, 0.29) is 6.09 Å². The first-order chi connectivity index (χ1) is 5.81. The number of carbonyl (C=O) groups excluding carboxylic acids is 1. The Morgan fingerprint density at radius 2 is 1.92 bits per heavy atom. The number of nitrogens with one attached hydrogen (secondary N) is 2. The highest BCUT2D eigenvalue weighted by atomic mass is 16.6. The molecule has 0 unspecified atom stereocenters. The van der Waals surface area contributed by atoms with E-state index in [2.05, 4.69) is 10.6 Å². The molecule has 0 saturated heterocycles. The molecule has 1 amide bonds. The highest BCUT2D eigenvalue weighted by molar-refractivity contribution is 5.67. The van der Waals surface area contributed by atoms with Crippen LogP contribution in [0.4, 0.5) is 4.79 Å². The highest BCUT2D eigenvalue weighted by Crippen LogP contribution is 2.05. The molecule has 0 aliphatic rings. The number of rotatable bonds is 3. The van der Waals surface area contributed by atoms with E-state index in [9.17, 15) is 4.79 Å². The van der Waals surface area contributed by atoms with Crippen LogP contribution in [-0.4, -0.2) is 24.4 Å². The predicted molar refractivity (Wildman–Crippen MR) is 52.5 cm³/mol. The molecule has 0 radical (unpaired) electrons. The van der Waals surface area contributed by atoms with E-state index in [0.717, 1.165) is 0 Å². The van der Waals surface area contributed by atoms with Crippen LogP contribution < -0.4 is 10.6 Å². The first-order valence-electron chi connectivity index (χ1n) is 4.51. The van der Waals surface area contributed by atoms with E-state index in [1.807, 2.05) is 34.6 Å².